The van der Waals surface area contributed by atoms with E-state index in [4.69, 9.17) is 5.11 Å². The summed E-state index contributed by atoms with van der Waals surface area (Å²) in [4.78, 5) is 9.59. The van der Waals surface area contributed by atoms with Crippen molar-refractivity contribution in [2.24, 2.45) is 0 Å². The van der Waals surface area contributed by atoms with Crippen LogP contribution in [-0.2, 0) is 12.4 Å². The van der Waals surface area contributed by atoms with Crippen LogP contribution in [0.25, 0.3) is 0 Å². The first kappa shape index (κ1) is 12.1. The first-order valence-electron chi connectivity index (χ1n) is 5.38. The Morgan fingerprint density at radius 2 is 1.76 bits per heavy atom. The Morgan fingerprint density at radius 1 is 1.12 bits per heavy atom. The van der Waals surface area contributed by atoms with Gasteiger partial charge in [-0.05, 0) is 19.1 Å². The van der Waals surface area contributed by atoms with Crippen molar-refractivity contribution in [3.05, 3.63) is 53.6 Å². The Bertz CT molecular complexity index is 468. The van der Waals surface area contributed by atoms with Gasteiger partial charge in [0.15, 0.2) is 0 Å². The maximum absolute atomic E-state index is 8.88. The van der Waals surface area contributed by atoms with Gasteiger partial charge in [0.1, 0.15) is 5.82 Å². The van der Waals surface area contributed by atoms with Crippen LogP contribution in [-0.4, -0.2) is 15.1 Å². The van der Waals surface area contributed by atoms with Crippen LogP contribution >= 0.6 is 11.8 Å². The molecule has 0 aliphatic carbocycles. The van der Waals surface area contributed by atoms with Gasteiger partial charge in [0, 0.05) is 22.9 Å². The van der Waals surface area contributed by atoms with E-state index in [9.17, 15) is 0 Å². The highest BCUT2D eigenvalue weighted by atomic mass is 32.2. The highest BCUT2D eigenvalue weighted by Crippen LogP contribution is 2.21. The normalized spacial score (nSPS) is 10.5. The zero-order valence-electron chi connectivity index (χ0n) is 9.63. The van der Waals surface area contributed by atoms with Crippen LogP contribution in [0.4, 0.5) is 0 Å². The SMILES string of the molecule is Cc1ccc(SCc2ncc(CO)cn2)cc1. The Balaban J connectivity index is 1.95. The topological polar surface area (TPSA) is 46.0 Å². The van der Waals surface area contributed by atoms with E-state index >= 15 is 0 Å². The number of nitrogens with zero attached hydrogens (tertiary/aromatic N) is 2. The van der Waals surface area contributed by atoms with Gasteiger partial charge in [-0.2, -0.15) is 0 Å². The zero-order chi connectivity index (χ0) is 12.1. The molecule has 88 valence electrons. The second-order valence-corrected chi connectivity index (χ2v) is 4.82. The Hall–Kier alpha value is -1.39. The predicted molar refractivity (Wildman–Crippen MR) is 68.7 cm³/mol. The summed E-state index contributed by atoms with van der Waals surface area (Å²) in [5, 5.41) is 8.88. The largest absolute Gasteiger partial charge is 0.392 e. The average molecular weight is 246 g/mol. The fourth-order valence-corrected chi connectivity index (χ4v) is 2.09. The van der Waals surface area contributed by atoms with Gasteiger partial charge in [-0.25, -0.2) is 9.97 Å². The molecule has 0 bridgehead atoms. The van der Waals surface area contributed by atoms with Crippen molar-refractivity contribution < 1.29 is 5.11 Å². The van der Waals surface area contributed by atoms with E-state index < -0.39 is 0 Å². The van der Waals surface area contributed by atoms with Crippen molar-refractivity contribution in [1.29, 1.82) is 0 Å². The van der Waals surface area contributed by atoms with Crippen molar-refractivity contribution in [1.82, 2.24) is 9.97 Å². The second-order valence-electron chi connectivity index (χ2n) is 3.77. The minimum atomic E-state index is -0.00855. The number of thioether (sulfide) groups is 1. The molecule has 0 saturated carbocycles. The third-order valence-electron chi connectivity index (χ3n) is 2.33. The molecule has 0 aliphatic rings. The molecule has 0 unspecified atom stereocenters. The minimum absolute atomic E-state index is 0.00855. The lowest BCUT2D eigenvalue weighted by molar-refractivity contribution is 0.281. The average Bonchev–Trinajstić information content (AvgIpc) is 2.39. The molecule has 0 radical (unpaired) electrons. The first-order valence-corrected chi connectivity index (χ1v) is 6.36. The molecule has 3 nitrogen and oxygen atoms in total. The first-order chi connectivity index (χ1) is 8.28. The van der Waals surface area contributed by atoms with Crippen LogP contribution in [0.5, 0.6) is 0 Å². The van der Waals surface area contributed by atoms with Crippen molar-refractivity contribution in [3.63, 3.8) is 0 Å². The number of rotatable bonds is 4. The molecule has 1 aromatic carbocycles. The van der Waals surface area contributed by atoms with Crippen molar-refractivity contribution >= 4 is 11.8 Å². The summed E-state index contributed by atoms with van der Waals surface area (Å²) in [5.74, 6) is 1.53. The van der Waals surface area contributed by atoms with Crippen LogP contribution in [0.2, 0.25) is 0 Å². The molecule has 0 saturated heterocycles. The molecule has 0 atom stereocenters. The standard InChI is InChI=1S/C13H14N2OS/c1-10-2-4-12(5-3-10)17-9-13-14-6-11(8-16)7-15-13/h2-7,16H,8-9H2,1H3. The third-order valence-corrected chi connectivity index (χ3v) is 3.34. The summed E-state index contributed by atoms with van der Waals surface area (Å²) in [5.41, 5.74) is 2.01. The fourth-order valence-electron chi connectivity index (χ4n) is 1.32. The van der Waals surface area contributed by atoms with Crippen LogP contribution in [0.3, 0.4) is 0 Å². The fraction of sp³-hybridized carbons (Fsp3) is 0.231. The summed E-state index contributed by atoms with van der Waals surface area (Å²) in [7, 11) is 0. The van der Waals surface area contributed by atoms with E-state index in [1.165, 1.54) is 10.5 Å². The van der Waals surface area contributed by atoms with E-state index in [-0.39, 0.29) is 6.61 Å². The van der Waals surface area contributed by atoms with Crippen molar-refractivity contribution in [3.8, 4) is 0 Å². The molecule has 1 heterocycles. The maximum atomic E-state index is 8.88. The Labute approximate surface area is 105 Å². The molecule has 0 spiro atoms. The smallest absolute Gasteiger partial charge is 0.138 e. The highest BCUT2D eigenvalue weighted by Gasteiger charge is 1.99. The van der Waals surface area contributed by atoms with E-state index in [2.05, 4.69) is 41.2 Å². The molecule has 2 aromatic rings. The van der Waals surface area contributed by atoms with Gasteiger partial charge in [-0.15, -0.1) is 11.8 Å². The molecule has 0 aliphatic heterocycles. The van der Waals surface area contributed by atoms with Gasteiger partial charge in [-0.3, -0.25) is 0 Å². The van der Waals surface area contributed by atoms with Gasteiger partial charge in [0.05, 0.1) is 12.4 Å². The van der Waals surface area contributed by atoms with Gasteiger partial charge in [0.2, 0.25) is 0 Å². The van der Waals surface area contributed by atoms with E-state index in [0.29, 0.717) is 0 Å². The summed E-state index contributed by atoms with van der Waals surface area (Å²) in [6, 6.07) is 8.39. The summed E-state index contributed by atoms with van der Waals surface area (Å²) < 4.78 is 0. The molecule has 4 heteroatoms. The van der Waals surface area contributed by atoms with Gasteiger partial charge >= 0.3 is 0 Å². The van der Waals surface area contributed by atoms with Crippen molar-refractivity contribution in [2.75, 3.05) is 0 Å². The highest BCUT2D eigenvalue weighted by molar-refractivity contribution is 7.98. The summed E-state index contributed by atoms with van der Waals surface area (Å²) in [6.07, 6.45) is 3.33. The monoisotopic (exact) mass is 246 g/mol. The zero-order valence-corrected chi connectivity index (χ0v) is 10.4. The molecule has 0 amide bonds. The van der Waals surface area contributed by atoms with Gasteiger partial charge in [0.25, 0.3) is 0 Å². The lowest BCUT2D eigenvalue weighted by Crippen LogP contribution is -1.94. The van der Waals surface area contributed by atoms with Crippen LogP contribution in [0.15, 0.2) is 41.6 Å². The second kappa shape index (κ2) is 5.80. The lowest BCUT2D eigenvalue weighted by Gasteiger charge is -2.02. The van der Waals surface area contributed by atoms with E-state index in [1.54, 1.807) is 24.2 Å². The summed E-state index contributed by atoms with van der Waals surface area (Å²) >= 11 is 1.71. The summed E-state index contributed by atoms with van der Waals surface area (Å²) in [6.45, 7) is 2.07. The Morgan fingerprint density at radius 3 is 2.35 bits per heavy atom. The maximum Gasteiger partial charge on any atom is 0.138 e. The van der Waals surface area contributed by atoms with Crippen LogP contribution in [0, 0.1) is 6.92 Å². The van der Waals surface area contributed by atoms with Gasteiger partial charge in [-0.1, -0.05) is 17.7 Å². The van der Waals surface area contributed by atoms with Crippen molar-refractivity contribution in [2.45, 2.75) is 24.2 Å². The molecule has 1 N–H and O–H groups in total. The number of aromatic nitrogens is 2. The molecule has 17 heavy (non-hydrogen) atoms. The lowest BCUT2D eigenvalue weighted by atomic mass is 10.2. The van der Waals surface area contributed by atoms with E-state index in [1.807, 2.05) is 0 Å². The van der Waals surface area contributed by atoms with E-state index in [0.717, 1.165) is 17.1 Å². The number of aryl methyl sites for hydroxylation is 1. The molecular formula is C13H14N2OS. The third kappa shape index (κ3) is 3.54. The number of hydrogen-bond donors (Lipinski definition) is 1. The molecule has 0 fully saturated rings. The predicted octanol–water partition coefficient (Wildman–Crippen LogP) is 2.57. The number of benzene rings is 1. The molecule has 2 rings (SSSR count). The number of aliphatic hydroxyl groups excluding tert-OH is 1. The molecule has 1 aromatic heterocycles. The number of aliphatic hydroxyl groups is 1. The van der Waals surface area contributed by atoms with Gasteiger partial charge < -0.3 is 5.11 Å². The Kier molecular flexibility index (Phi) is 4.12. The molecular weight excluding hydrogens is 232 g/mol. The minimum Gasteiger partial charge on any atom is -0.392 e. The van der Waals surface area contributed by atoms with Crippen LogP contribution < -0.4 is 0 Å². The quantitative estimate of drug-likeness (QED) is 0.842. The number of hydrogen-bond acceptors (Lipinski definition) is 4. The van der Waals surface area contributed by atoms with Crippen LogP contribution in [0.1, 0.15) is 17.0 Å².